The maximum atomic E-state index is 12.5. The lowest BCUT2D eigenvalue weighted by molar-refractivity contribution is -0.402. The van der Waals surface area contributed by atoms with Crippen LogP contribution in [0.1, 0.15) is 39.7 Å². The molecule has 0 saturated heterocycles. The lowest BCUT2D eigenvalue weighted by Crippen LogP contribution is -2.24. The van der Waals surface area contributed by atoms with Crippen LogP contribution in [0.3, 0.4) is 0 Å². The molecule has 0 fully saturated rings. The van der Waals surface area contributed by atoms with Crippen LogP contribution in [0, 0.1) is 30.9 Å². The third-order valence-electron chi connectivity index (χ3n) is 3.94. The Labute approximate surface area is 150 Å². The smallest absolute Gasteiger partial charge is 0.433 e. The molecule has 1 heterocycles. The van der Waals surface area contributed by atoms with Gasteiger partial charge in [-0.05, 0) is 62.6 Å². The summed E-state index contributed by atoms with van der Waals surface area (Å²) in [6.45, 7) is 7.20. The van der Waals surface area contributed by atoms with Crippen LogP contribution >= 0.6 is 0 Å². The third kappa shape index (κ3) is 4.44. The molecule has 0 unspecified atom stereocenters. The van der Waals surface area contributed by atoms with E-state index < -0.39 is 22.9 Å². The summed E-state index contributed by atoms with van der Waals surface area (Å²) in [5, 5.41) is 10.5. The van der Waals surface area contributed by atoms with Crippen LogP contribution in [0.2, 0.25) is 0 Å². The molecule has 26 heavy (non-hydrogen) atoms. The summed E-state index contributed by atoms with van der Waals surface area (Å²) in [6.07, 6.45) is 1.34. The number of rotatable bonds is 6. The zero-order chi connectivity index (χ0) is 19.4. The van der Waals surface area contributed by atoms with Crippen LogP contribution < -0.4 is 0 Å². The molecule has 2 aromatic rings. The molecular weight excluding hydrogens is 338 g/mol. The van der Waals surface area contributed by atoms with Crippen LogP contribution in [0.5, 0.6) is 0 Å². The Morgan fingerprint density at radius 3 is 2.42 bits per heavy atom. The highest BCUT2D eigenvalue weighted by molar-refractivity contribution is 6.02. The number of ketones is 1. The van der Waals surface area contributed by atoms with E-state index in [4.69, 9.17) is 9.15 Å². The van der Waals surface area contributed by atoms with E-state index in [1.54, 1.807) is 6.07 Å². The lowest BCUT2D eigenvalue weighted by atomic mass is 9.96. The molecule has 136 valence electrons. The summed E-state index contributed by atoms with van der Waals surface area (Å²) >= 11 is 0. The summed E-state index contributed by atoms with van der Waals surface area (Å²) in [5.74, 6) is -1.32. The van der Waals surface area contributed by atoms with Gasteiger partial charge in [-0.15, -0.1) is 0 Å². The molecule has 0 bridgehead atoms. The molecule has 1 aromatic carbocycles. The normalized spacial score (nSPS) is 12.2. The fourth-order valence-electron chi connectivity index (χ4n) is 2.39. The zero-order valence-electron chi connectivity index (χ0n) is 14.9. The van der Waals surface area contributed by atoms with Crippen molar-refractivity contribution in [2.75, 3.05) is 0 Å². The topological polar surface area (TPSA) is 99.7 Å². The van der Waals surface area contributed by atoms with Crippen molar-refractivity contribution in [1.29, 1.82) is 0 Å². The number of nitrogens with zero attached hydrogens (tertiary/aromatic N) is 1. The highest BCUT2D eigenvalue weighted by Crippen LogP contribution is 2.19. The Hall–Kier alpha value is -3.22. The van der Waals surface area contributed by atoms with Crippen molar-refractivity contribution in [1.82, 2.24) is 0 Å². The Kier molecular flexibility index (Phi) is 5.71. The number of nitro groups is 1. The van der Waals surface area contributed by atoms with Gasteiger partial charge in [-0.25, -0.2) is 4.79 Å². The second kappa shape index (κ2) is 7.77. The van der Waals surface area contributed by atoms with Crippen LogP contribution in [0.15, 0.2) is 34.8 Å². The minimum atomic E-state index is -0.959. The molecule has 2 rings (SSSR count). The first-order valence-corrected chi connectivity index (χ1v) is 7.94. The van der Waals surface area contributed by atoms with E-state index >= 15 is 0 Å². The first kappa shape index (κ1) is 19.1. The van der Waals surface area contributed by atoms with Crippen molar-refractivity contribution < 1.29 is 23.7 Å². The van der Waals surface area contributed by atoms with Gasteiger partial charge in [-0.3, -0.25) is 14.9 Å². The molecule has 0 radical (unpaired) electrons. The molecule has 0 N–H and O–H groups in total. The Bertz CT molecular complexity index is 893. The van der Waals surface area contributed by atoms with Crippen molar-refractivity contribution in [2.45, 2.75) is 33.8 Å². The van der Waals surface area contributed by atoms with Gasteiger partial charge in [0.05, 0.1) is 6.07 Å². The molecule has 7 nitrogen and oxygen atoms in total. The zero-order valence-corrected chi connectivity index (χ0v) is 14.9. The second-order valence-electron chi connectivity index (χ2n) is 5.96. The van der Waals surface area contributed by atoms with E-state index in [0.29, 0.717) is 5.56 Å². The molecule has 1 aromatic heterocycles. The molecule has 0 aliphatic carbocycles. The number of benzene rings is 1. The molecule has 0 aliphatic heterocycles. The van der Waals surface area contributed by atoms with E-state index in [-0.39, 0.29) is 11.5 Å². The molecular formula is C19H19NO6. The lowest BCUT2D eigenvalue weighted by Gasteiger charge is -2.14. The van der Waals surface area contributed by atoms with Crippen molar-refractivity contribution in [3.8, 4) is 0 Å². The van der Waals surface area contributed by atoms with E-state index in [2.05, 4.69) is 0 Å². The predicted molar refractivity (Wildman–Crippen MR) is 94.9 cm³/mol. The number of furan rings is 1. The average molecular weight is 357 g/mol. The van der Waals surface area contributed by atoms with Gasteiger partial charge in [-0.1, -0.05) is 6.07 Å². The van der Waals surface area contributed by atoms with Crippen LogP contribution in [0.25, 0.3) is 6.08 Å². The van der Waals surface area contributed by atoms with E-state index in [0.717, 1.165) is 22.8 Å². The van der Waals surface area contributed by atoms with Gasteiger partial charge in [0.15, 0.2) is 6.10 Å². The summed E-state index contributed by atoms with van der Waals surface area (Å²) < 4.78 is 10.0. The highest BCUT2D eigenvalue weighted by atomic mass is 16.6. The number of aryl methyl sites for hydroxylation is 3. The fourth-order valence-corrected chi connectivity index (χ4v) is 2.39. The van der Waals surface area contributed by atoms with Gasteiger partial charge in [0, 0.05) is 11.6 Å². The molecule has 0 amide bonds. The monoisotopic (exact) mass is 357 g/mol. The molecule has 7 heteroatoms. The Morgan fingerprint density at radius 1 is 1.15 bits per heavy atom. The summed E-state index contributed by atoms with van der Waals surface area (Å²) in [7, 11) is 0. The summed E-state index contributed by atoms with van der Waals surface area (Å²) in [5.41, 5.74) is 3.40. The van der Waals surface area contributed by atoms with Crippen molar-refractivity contribution in [3.05, 3.63) is 68.5 Å². The van der Waals surface area contributed by atoms with Crippen LogP contribution in [-0.4, -0.2) is 22.8 Å². The van der Waals surface area contributed by atoms with Gasteiger partial charge in [0.25, 0.3) is 0 Å². The standard InChI is InChI=1S/C19H19NO6/c1-11-9-13(3)16(10-12(11)2)19(22)14(4)25-18(21)8-6-15-5-7-17(26-15)20(23)24/h5-10,14H,1-4H3/b8-6+/t14-/m1/s1. The van der Waals surface area contributed by atoms with E-state index in [9.17, 15) is 19.7 Å². The number of ether oxygens (including phenoxy) is 1. The number of hydrogen-bond acceptors (Lipinski definition) is 6. The van der Waals surface area contributed by atoms with Crippen LogP contribution in [0.4, 0.5) is 5.88 Å². The number of Topliss-reactive ketones (excluding diaryl/α,β-unsaturated/α-hetero) is 1. The predicted octanol–water partition coefficient (Wildman–Crippen LogP) is 3.94. The fraction of sp³-hybridized carbons (Fsp3) is 0.263. The van der Waals surface area contributed by atoms with Gasteiger partial charge in [-0.2, -0.15) is 0 Å². The quantitative estimate of drug-likeness (QED) is 0.255. The molecule has 1 atom stereocenters. The SMILES string of the molecule is Cc1cc(C)c(C(=O)[C@@H](C)OC(=O)/C=C/c2ccc([N+](=O)[O-])o2)cc1C. The van der Waals surface area contributed by atoms with Crippen molar-refractivity contribution >= 4 is 23.7 Å². The number of carbonyl (C=O) groups excluding carboxylic acids is 2. The van der Waals surface area contributed by atoms with Gasteiger partial charge >= 0.3 is 11.9 Å². The van der Waals surface area contributed by atoms with E-state index in [1.807, 2.05) is 26.8 Å². The van der Waals surface area contributed by atoms with E-state index in [1.165, 1.54) is 25.1 Å². The van der Waals surface area contributed by atoms with Gasteiger partial charge < -0.3 is 9.15 Å². The van der Waals surface area contributed by atoms with Gasteiger partial charge in [0.2, 0.25) is 5.78 Å². The molecule has 0 spiro atoms. The van der Waals surface area contributed by atoms with Gasteiger partial charge in [0.1, 0.15) is 10.7 Å². The maximum Gasteiger partial charge on any atom is 0.433 e. The maximum absolute atomic E-state index is 12.5. The molecule has 0 saturated carbocycles. The average Bonchev–Trinajstić information content (AvgIpc) is 3.05. The first-order chi connectivity index (χ1) is 12.2. The van der Waals surface area contributed by atoms with Crippen molar-refractivity contribution in [3.63, 3.8) is 0 Å². The number of hydrogen-bond donors (Lipinski definition) is 0. The Morgan fingerprint density at radius 2 is 1.81 bits per heavy atom. The molecule has 0 aliphatic rings. The second-order valence-corrected chi connectivity index (χ2v) is 5.96. The summed E-state index contributed by atoms with van der Waals surface area (Å²) in [6, 6.07) is 6.24. The largest absolute Gasteiger partial charge is 0.451 e. The Balaban J connectivity index is 2.04. The minimum Gasteiger partial charge on any atom is -0.451 e. The first-order valence-electron chi connectivity index (χ1n) is 7.94. The third-order valence-corrected chi connectivity index (χ3v) is 3.94. The van der Waals surface area contributed by atoms with Crippen LogP contribution in [-0.2, 0) is 9.53 Å². The highest BCUT2D eigenvalue weighted by Gasteiger charge is 2.21. The summed E-state index contributed by atoms with van der Waals surface area (Å²) in [4.78, 5) is 34.3. The minimum absolute atomic E-state index is 0.137. The van der Waals surface area contributed by atoms with Crippen molar-refractivity contribution in [2.24, 2.45) is 0 Å². The number of esters is 1. The number of carbonyl (C=O) groups is 2.